The van der Waals surface area contributed by atoms with Crippen molar-refractivity contribution in [3.05, 3.63) is 299 Å². The fourth-order valence-corrected chi connectivity index (χ4v) is 16.2. The van der Waals surface area contributed by atoms with Gasteiger partial charge in [0.05, 0.1) is 33.1 Å². The molecule has 1 aliphatic carbocycles. The number of para-hydroxylation sites is 3. The highest BCUT2D eigenvalue weighted by Gasteiger charge is 2.25. The predicted molar refractivity (Wildman–Crippen MR) is 343 cm³/mol. The molecule has 82 heavy (non-hydrogen) atoms. The summed E-state index contributed by atoms with van der Waals surface area (Å²) in [6, 6.07) is 95.8. The smallest absolute Gasteiger partial charge is 0.0552 e. The van der Waals surface area contributed by atoms with Crippen LogP contribution >= 0.6 is 23.5 Å². The minimum absolute atomic E-state index is 0.933. The molecule has 0 unspecified atom stereocenters. The first-order valence-electron chi connectivity index (χ1n) is 28.5. The van der Waals surface area contributed by atoms with E-state index in [0.717, 1.165) is 59.8 Å². The third kappa shape index (κ3) is 7.14. The number of hydrogen-bond acceptors (Lipinski definition) is 3. The second kappa shape index (κ2) is 18.0. The molecule has 4 nitrogen and oxygen atoms in total. The number of rotatable bonds is 6. The monoisotopic (exact) mass is 1080 g/mol. The molecule has 0 saturated carbocycles. The van der Waals surface area contributed by atoms with Gasteiger partial charge in [0.25, 0.3) is 0 Å². The molecule has 6 heteroatoms. The Morgan fingerprint density at radius 1 is 0.232 bits per heavy atom. The third-order valence-electron chi connectivity index (χ3n) is 17.8. The van der Waals surface area contributed by atoms with E-state index in [9.17, 15) is 0 Å². The maximum atomic E-state index is 2.48. The summed E-state index contributed by atoms with van der Waals surface area (Å²) >= 11 is 3.80. The van der Waals surface area contributed by atoms with Crippen LogP contribution in [0, 0.1) is 0 Å². The number of fused-ring (bicyclic) bond motifs is 15. The third-order valence-corrected chi connectivity index (χ3v) is 20.3. The zero-order valence-corrected chi connectivity index (χ0v) is 46.3. The summed E-state index contributed by atoms with van der Waals surface area (Å²) in [5.41, 5.74) is 25.3. The molecular weight excluding hydrogens is 1030 g/mol. The van der Waals surface area contributed by atoms with E-state index in [0.29, 0.717) is 0 Å². The molecular formula is C76H50N4S2. The molecule has 5 heterocycles. The van der Waals surface area contributed by atoms with Crippen LogP contribution in [0.3, 0.4) is 0 Å². The summed E-state index contributed by atoms with van der Waals surface area (Å²) < 4.78 is 7.41. The second-order valence-electron chi connectivity index (χ2n) is 22.4. The minimum Gasteiger partial charge on any atom is -0.310 e. The number of nitrogens with zero attached hydrogens (tertiary/aromatic N) is 4. The van der Waals surface area contributed by atoms with Crippen molar-refractivity contribution >= 4 is 106 Å². The first-order valence-corrected chi connectivity index (χ1v) is 30.1. The lowest BCUT2D eigenvalue weighted by molar-refractivity contribution is 1.00. The highest BCUT2D eigenvalue weighted by Crippen LogP contribution is 2.47. The van der Waals surface area contributed by atoms with Crippen LogP contribution in [-0.2, 0) is 25.7 Å². The van der Waals surface area contributed by atoms with Gasteiger partial charge in [-0.15, -0.1) is 0 Å². The van der Waals surface area contributed by atoms with Crippen molar-refractivity contribution in [1.29, 1.82) is 0 Å². The van der Waals surface area contributed by atoms with Crippen molar-refractivity contribution in [1.82, 2.24) is 13.7 Å². The quantitative estimate of drug-likeness (QED) is 0.165. The zero-order valence-electron chi connectivity index (χ0n) is 44.7. The van der Waals surface area contributed by atoms with Gasteiger partial charge >= 0.3 is 0 Å². The molecule has 0 amide bonds. The fourth-order valence-electron chi connectivity index (χ4n) is 14.0. The van der Waals surface area contributed by atoms with E-state index in [4.69, 9.17) is 0 Å². The first kappa shape index (κ1) is 46.3. The average molecular weight is 1080 g/mol. The molecule has 0 atom stereocenters. The van der Waals surface area contributed by atoms with E-state index in [-0.39, 0.29) is 0 Å². The van der Waals surface area contributed by atoms with E-state index in [2.05, 4.69) is 273 Å². The Bertz CT molecular complexity index is 4640. The fraction of sp³-hybridized carbons (Fsp3) is 0.0526. The molecule has 3 aliphatic rings. The summed E-state index contributed by atoms with van der Waals surface area (Å²) in [4.78, 5) is 7.81. The van der Waals surface area contributed by atoms with Crippen molar-refractivity contribution in [3.8, 4) is 17.1 Å². The summed E-state index contributed by atoms with van der Waals surface area (Å²) in [6.07, 6.45) is 3.80. The van der Waals surface area contributed by atoms with Crippen LogP contribution in [0.1, 0.15) is 44.5 Å². The van der Waals surface area contributed by atoms with Crippen LogP contribution in [-0.4, -0.2) is 13.7 Å². The van der Waals surface area contributed by atoms with E-state index in [1.54, 1.807) is 0 Å². The van der Waals surface area contributed by atoms with Gasteiger partial charge in [0.2, 0.25) is 0 Å². The Morgan fingerprint density at radius 2 is 0.561 bits per heavy atom. The average Bonchev–Trinajstić information content (AvgIpc) is 2.66. The van der Waals surface area contributed by atoms with Gasteiger partial charge < -0.3 is 18.6 Å². The van der Waals surface area contributed by atoms with Gasteiger partial charge in [-0.3, -0.25) is 0 Å². The van der Waals surface area contributed by atoms with E-state index in [1.165, 1.54) is 130 Å². The van der Waals surface area contributed by atoms with Gasteiger partial charge in [-0.25, -0.2) is 0 Å². The van der Waals surface area contributed by atoms with E-state index < -0.39 is 0 Å². The Balaban J connectivity index is 0.767. The molecule has 0 N–H and O–H groups in total. The maximum Gasteiger partial charge on any atom is 0.0552 e. The van der Waals surface area contributed by atoms with Gasteiger partial charge in [0.1, 0.15) is 0 Å². The summed E-state index contributed by atoms with van der Waals surface area (Å²) in [5.74, 6) is 0. The molecule has 386 valence electrons. The molecule has 18 rings (SSSR count). The molecule has 0 bridgehead atoms. The lowest BCUT2D eigenvalue weighted by Crippen LogP contribution is -2.10. The molecule has 3 aromatic heterocycles. The van der Waals surface area contributed by atoms with E-state index >= 15 is 0 Å². The summed E-state index contributed by atoms with van der Waals surface area (Å²) in [7, 11) is 0. The molecule has 0 fully saturated rings. The van der Waals surface area contributed by atoms with Gasteiger partial charge in [-0.2, -0.15) is 0 Å². The van der Waals surface area contributed by atoms with E-state index in [1.807, 2.05) is 23.5 Å². The van der Waals surface area contributed by atoms with Gasteiger partial charge in [0.15, 0.2) is 0 Å². The highest BCUT2D eigenvalue weighted by atomic mass is 32.2. The lowest BCUT2D eigenvalue weighted by atomic mass is 9.85. The molecule has 2 aliphatic heterocycles. The predicted octanol–water partition coefficient (Wildman–Crippen LogP) is 20.1. The molecule has 12 aromatic carbocycles. The van der Waals surface area contributed by atoms with Gasteiger partial charge in [0, 0.05) is 86.0 Å². The van der Waals surface area contributed by atoms with Crippen LogP contribution in [0.4, 0.5) is 17.1 Å². The van der Waals surface area contributed by atoms with Crippen molar-refractivity contribution in [2.75, 3.05) is 4.90 Å². The van der Waals surface area contributed by atoms with Gasteiger partial charge in [-0.1, -0.05) is 139 Å². The molecule has 0 saturated heterocycles. The zero-order chi connectivity index (χ0) is 53.6. The van der Waals surface area contributed by atoms with Crippen LogP contribution in [0.25, 0.3) is 82.5 Å². The molecule has 0 spiro atoms. The van der Waals surface area contributed by atoms with Crippen molar-refractivity contribution in [2.24, 2.45) is 0 Å². The lowest BCUT2D eigenvalue weighted by Gasteiger charge is -2.26. The Labute approximate surface area is 483 Å². The number of benzene rings is 12. The van der Waals surface area contributed by atoms with Crippen LogP contribution in [0.2, 0.25) is 0 Å². The SMILES string of the molecule is c1ccc2c(c1)Cc1cc3c4ccccc4n(-c4ccc(N(c5ccc(-n6c7ccccc7c7cc8c(cc76)Cc6ccccc6S8)cc5)c5ccc(-n6c7ccccc7c7cc8c(cc76)Sc6ccccc6C8)cc5)cc4)c3cc1C2. The second-order valence-corrected chi connectivity index (χ2v) is 24.6. The van der Waals surface area contributed by atoms with Crippen LogP contribution < -0.4 is 4.90 Å². The Hall–Kier alpha value is -9.46. The van der Waals surface area contributed by atoms with Crippen molar-refractivity contribution in [2.45, 2.75) is 45.3 Å². The number of anilines is 3. The van der Waals surface area contributed by atoms with Crippen molar-refractivity contribution < 1.29 is 0 Å². The summed E-state index contributed by atoms with van der Waals surface area (Å²) in [6.45, 7) is 0. The number of hydrogen-bond donors (Lipinski definition) is 0. The standard InChI is InChI=1S/C76H50N4S2/c1-2-14-48-38-52-43-70-64(41-51(52)37-47(48)13-1)61-17-5-8-20-67(61)78(70)58-31-25-55(26-32-58)77(56-27-33-59(34-28-56)79-69-22-10-7-19-63(69)66-45-75-54(44-71(66)79)40-50-16-4-11-23-73(50)81-75)57-29-35-60(36-30-57)80-68-21-9-6-18-62(68)65-42-53-39-49-15-3-12-24-74(49)82-76(53)46-72(65)80/h1-36,41-46H,37-40H2. The number of aromatic nitrogens is 3. The molecule has 0 radical (unpaired) electrons. The van der Waals surface area contributed by atoms with Gasteiger partial charge in [-0.05, 0) is 210 Å². The maximum absolute atomic E-state index is 2.48. The van der Waals surface area contributed by atoms with Crippen LogP contribution in [0.15, 0.2) is 274 Å². The molecule has 15 aromatic rings. The van der Waals surface area contributed by atoms with Crippen molar-refractivity contribution in [3.63, 3.8) is 0 Å². The first-order chi connectivity index (χ1) is 40.6. The normalized spacial score (nSPS) is 13.3. The Morgan fingerprint density at radius 3 is 1.04 bits per heavy atom. The Kier molecular flexibility index (Phi) is 10.2. The summed E-state index contributed by atoms with van der Waals surface area (Å²) in [5, 5.41) is 7.71. The highest BCUT2D eigenvalue weighted by molar-refractivity contribution is 7.99. The topological polar surface area (TPSA) is 18.0 Å². The largest absolute Gasteiger partial charge is 0.310 e. The van der Waals surface area contributed by atoms with Crippen LogP contribution in [0.5, 0.6) is 0 Å². The minimum atomic E-state index is 0.933.